The number of rotatable bonds is 4. The third kappa shape index (κ3) is 4.27. The molecule has 8 heteroatoms. The lowest BCUT2D eigenvalue weighted by atomic mass is 10.1. The van der Waals surface area contributed by atoms with Crippen LogP contribution in [-0.2, 0) is 0 Å². The first-order valence-corrected chi connectivity index (χ1v) is 9.78. The highest BCUT2D eigenvalue weighted by Crippen LogP contribution is 2.22. The molecule has 0 N–H and O–H groups in total. The fourth-order valence-electron chi connectivity index (χ4n) is 3.37. The third-order valence-corrected chi connectivity index (χ3v) is 5.83. The van der Waals surface area contributed by atoms with Crippen LogP contribution in [0.1, 0.15) is 45.0 Å². The molecule has 0 unspecified atom stereocenters. The second-order valence-corrected chi connectivity index (χ2v) is 7.47. The maximum Gasteiger partial charge on any atom is 0.267 e. The van der Waals surface area contributed by atoms with Crippen LogP contribution in [0, 0.1) is 6.92 Å². The minimum atomic E-state index is -0.0267. The standard InChI is InChI=1S/C19H24N4O3S/c1-13-17(27-21-20-13)19(25)23-10-5-7-15(9-11-23)22(2)18(24)14-6-4-8-16(12-14)26-3/h4,6,8,12,15H,5,7,9-11H2,1-3H3/t15-/m0/s1. The van der Waals surface area contributed by atoms with Crippen LogP contribution in [0.15, 0.2) is 24.3 Å². The van der Waals surface area contributed by atoms with Gasteiger partial charge in [0.05, 0.1) is 12.8 Å². The predicted octanol–water partition coefficient (Wildman–Crippen LogP) is 2.62. The molecule has 1 aromatic heterocycles. The lowest BCUT2D eigenvalue weighted by Gasteiger charge is -2.27. The van der Waals surface area contributed by atoms with Gasteiger partial charge in [-0.2, -0.15) is 0 Å². The zero-order valence-electron chi connectivity index (χ0n) is 15.8. The van der Waals surface area contributed by atoms with E-state index in [-0.39, 0.29) is 17.9 Å². The molecule has 1 aromatic carbocycles. The van der Waals surface area contributed by atoms with Gasteiger partial charge < -0.3 is 14.5 Å². The Bertz CT molecular complexity index is 823. The third-order valence-electron chi connectivity index (χ3n) is 5.02. The zero-order valence-corrected chi connectivity index (χ0v) is 16.7. The van der Waals surface area contributed by atoms with Gasteiger partial charge in [-0.3, -0.25) is 9.59 Å². The molecule has 1 aliphatic heterocycles. The summed E-state index contributed by atoms with van der Waals surface area (Å²) in [4.78, 5) is 29.8. The number of amides is 2. The fourth-order valence-corrected chi connectivity index (χ4v) is 3.99. The minimum absolute atomic E-state index is 0.00933. The summed E-state index contributed by atoms with van der Waals surface area (Å²) in [6, 6.07) is 7.29. The number of carbonyl (C=O) groups excluding carboxylic acids is 2. The van der Waals surface area contributed by atoms with Crippen LogP contribution < -0.4 is 4.74 Å². The highest BCUT2D eigenvalue weighted by molar-refractivity contribution is 7.07. The summed E-state index contributed by atoms with van der Waals surface area (Å²) >= 11 is 1.14. The van der Waals surface area contributed by atoms with E-state index < -0.39 is 0 Å². The number of benzene rings is 1. The molecular formula is C19H24N4O3S. The Balaban J connectivity index is 1.65. The SMILES string of the molecule is COc1cccc(C(=O)N(C)[C@H]2CCCN(C(=O)c3snnc3C)CC2)c1. The van der Waals surface area contributed by atoms with Crippen LogP contribution in [0.3, 0.4) is 0 Å². The first kappa shape index (κ1) is 19.3. The molecule has 0 bridgehead atoms. The number of ether oxygens (including phenoxy) is 1. The van der Waals surface area contributed by atoms with Crippen LogP contribution in [0.2, 0.25) is 0 Å². The number of hydrogen-bond acceptors (Lipinski definition) is 6. The molecular weight excluding hydrogens is 364 g/mol. The molecule has 1 aliphatic rings. The Morgan fingerprint density at radius 3 is 2.81 bits per heavy atom. The Hall–Kier alpha value is -2.48. The number of nitrogens with zero attached hydrogens (tertiary/aromatic N) is 4. The van der Waals surface area contributed by atoms with E-state index in [0.29, 0.717) is 35.0 Å². The van der Waals surface area contributed by atoms with Crippen molar-refractivity contribution in [2.45, 2.75) is 32.2 Å². The van der Waals surface area contributed by atoms with Crippen molar-refractivity contribution >= 4 is 23.3 Å². The van der Waals surface area contributed by atoms with Crippen molar-refractivity contribution in [3.8, 4) is 5.75 Å². The molecule has 0 spiro atoms. The molecule has 0 aliphatic carbocycles. The van der Waals surface area contributed by atoms with Gasteiger partial charge >= 0.3 is 0 Å². The van der Waals surface area contributed by atoms with E-state index in [1.807, 2.05) is 24.1 Å². The largest absolute Gasteiger partial charge is 0.497 e. The van der Waals surface area contributed by atoms with Crippen molar-refractivity contribution in [2.24, 2.45) is 0 Å². The highest BCUT2D eigenvalue weighted by atomic mass is 32.1. The van der Waals surface area contributed by atoms with E-state index in [9.17, 15) is 9.59 Å². The van der Waals surface area contributed by atoms with Crippen LogP contribution in [0.4, 0.5) is 0 Å². The summed E-state index contributed by atoms with van der Waals surface area (Å²) in [6.45, 7) is 3.11. The molecule has 144 valence electrons. The number of hydrogen-bond donors (Lipinski definition) is 0. The average molecular weight is 388 g/mol. The van der Waals surface area contributed by atoms with E-state index in [1.165, 1.54) is 0 Å². The van der Waals surface area contributed by atoms with Crippen molar-refractivity contribution in [1.29, 1.82) is 0 Å². The molecule has 1 saturated heterocycles. The van der Waals surface area contributed by atoms with Gasteiger partial charge in [-0.1, -0.05) is 10.6 Å². The number of carbonyl (C=O) groups is 2. The second kappa shape index (κ2) is 8.47. The summed E-state index contributed by atoms with van der Waals surface area (Å²) in [7, 11) is 3.42. The minimum Gasteiger partial charge on any atom is -0.497 e. The molecule has 2 amide bonds. The van der Waals surface area contributed by atoms with E-state index in [0.717, 1.165) is 30.8 Å². The van der Waals surface area contributed by atoms with Crippen molar-refractivity contribution < 1.29 is 14.3 Å². The topological polar surface area (TPSA) is 75.6 Å². The van der Waals surface area contributed by atoms with Crippen molar-refractivity contribution in [3.63, 3.8) is 0 Å². The molecule has 3 rings (SSSR count). The molecule has 2 heterocycles. The molecule has 7 nitrogen and oxygen atoms in total. The van der Waals surface area contributed by atoms with Gasteiger partial charge in [-0.15, -0.1) is 5.10 Å². The van der Waals surface area contributed by atoms with Crippen LogP contribution in [0.25, 0.3) is 0 Å². The average Bonchev–Trinajstić information content (AvgIpc) is 2.97. The lowest BCUT2D eigenvalue weighted by Crippen LogP contribution is -2.38. The van der Waals surface area contributed by atoms with Gasteiger partial charge in [0.25, 0.3) is 11.8 Å². The zero-order chi connectivity index (χ0) is 19.4. The van der Waals surface area contributed by atoms with E-state index >= 15 is 0 Å². The normalized spacial score (nSPS) is 17.3. The number of aromatic nitrogens is 2. The monoisotopic (exact) mass is 388 g/mol. The summed E-state index contributed by atoms with van der Waals surface area (Å²) in [5, 5.41) is 3.93. The van der Waals surface area contributed by atoms with E-state index in [1.54, 1.807) is 31.1 Å². The molecule has 0 radical (unpaired) electrons. The summed E-state index contributed by atoms with van der Waals surface area (Å²) in [5.41, 5.74) is 1.29. The number of methoxy groups -OCH3 is 1. The molecule has 27 heavy (non-hydrogen) atoms. The molecule has 2 aromatic rings. The molecule has 1 fully saturated rings. The van der Waals surface area contributed by atoms with Crippen LogP contribution in [-0.4, -0.2) is 64.5 Å². The van der Waals surface area contributed by atoms with Crippen LogP contribution >= 0.6 is 11.5 Å². The second-order valence-electron chi connectivity index (χ2n) is 6.71. The van der Waals surface area contributed by atoms with Gasteiger partial charge in [-0.25, -0.2) is 0 Å². The Morgan fingerprint density at radius 1 is 1.30 bits per heavy atom. The van der Waals surface area contributed by atoms with Gasteiger partial charge in [0, 0.05) is 31.7 Å². The fraction of sp³-hybridized carbons (Fsp3) is 0.474. The molecule has 0 saturated carbocycles. The summed E-state index contributed by atoms with van der Waals surface area (Å²) < 4.78 is 9.07. The summed E-state index contributed by atoms with van der Waals surface area (Å²) in [6.07, 6.45) is 2.48. The molecule has 1 atom stereocenters. The van der Waals surface area contributed by atoms with Crippen molar-refractivity contribution in [2.75, 3.05) is 27.2 Å². The maximum absolute atomic E-state index is 12.8. The number of aryl methyl sites for hydroxylation is 1. The van der Waals surface area contributed by atoms with Crippen molar-refractivity contribution in [1.82, 2.24) is 19.4 Å². The smallest absolute Gasteiger partial charge is 0.267 e. The van der Waals surface area contributed by atoms with Crippen LogP contribution in [0.5, 0.6) is 5.75 Å². The quantitative estimate of drug-likeness (QED) is 0.805. The first-order valence-electron chi connectivity index (χ1n) is 9.00. The Kier molecular flexibility index (Phi) is 6.05. The predicted molar refractivity (Wildman–Crippen MR) is 103 cm³/mol. The van der Waals surface area contributed by atoms with Gasteiger partial charge in [0.1, 0.15) is 10.6 Å². The van der Waals surface area contributed by atoms with Crippen molar-refractivity contribution in [3.05, 3.63) is 40.4 Å². The van der Waals surface area contributed by atoms with Gasteiger partial charge in [0.2, 0.25) is 0 Å². The van der Waals surface area contributed by atoms with Gasteiger partial charge in [0.15, 0.2) is 0 Å². The first-order chi connectivity index (χ1) is 13.0. The highest BCUT2D eigenvalue weighted by Gasteiger charge is 2.28. The number of likely N-dealkylation sites (tertiary alicyclic amines) is 1. The van der Waals surface area contributed by atoms with E-state index in [4.69, 9.17) is 4.74 Å². The Morgan fingerprint density at radius 2 is 2.11 bits per heavy atom. The maximum atomic E-state index is 12.8. The van der Waals surface area contributed by atoms with E-state index in [2.05, 4.69) is 9.59 Å². The Labute approximate surface area is 163 Å². The van der Waals surface area contributed by atoms with Gasteiger partial charge in [-0.05, 0) is 55.9 Å². The summed E-state index contributed by atoms with van der Waals surface area (Å²) in [5.74, 6) is 0.631. The lowest BCUT2D eigenvalue weighted by molar-refractivity contribution is 0.0710.